The fourth-order valence-corrected chi connectivity index (χ4v) is 1.89. The molecule has 0 atom stereocenters. The van der Waals surface area contributed by atoms with Crippen LogP contribution in [0.4, 0.5) is 0 Å². The van der Waals surface area contributed by atoms with Crippen LogP contribution in [0.2, 0.25) is 0 Å². The third-order valence-corrected chi connectivity index (χ3v) is 2.80. The Hall–Kier alpha value is -0.870. The Balaban J connectivity index is 2.22. The molecular formula is C11H17NO2S. The van der Waals surface area contributed by atoms with Crippen LogP contribution in [-0.2, 0) is 16.1 Å². The Kier molecular flexibility index (Phi) is 4.78. The number of nitrogens with one attached hydrogen (secondary N) is 1. The summed E-state index contributed by atoms with van der Waals surface area (Å²) in [6, 6.07) is 4.08. The van der Waals surface area contributed by atoms with Crippen LogP contribution in [0.15, 0.2) is 12.1 Å². The normalized spacial score (nSPS) is 10.7. The van der Waals surface area contributed by atoms with Crippen molar-refractivity contribution >= 4 is 17.2 Å². The molecule has 0 unspecified atom stereocenters. The second kappa shape index (κ2) is 5.88. The van der Waals surface area contributed by atoms with Gasteiger partial charge in [0, 0.05) is 9.75 Å². The van der Waals surface area contributed by atoms with E-state index in [1.165, 1.54) is 9.75 Å². The number of hydrogen-bond acceptors (Lipinski definition) is 3. The van der Waals surface area contributed by atoms with Gasteiger partial charge in [-0.3, -0.25) is 4.79 Å². The summed E-state index contributed by atoms with van der Waals surface area (Å²) in [7, 11) is 0. The topological polar surface area (TPSA) is 38.3 Å². The van der Waals surface area contributed by atoms with E-state index in [4.69, 9.17) is 4.74 Å². The minimum absolute atomic E-state index is 0.0604. The second-order valence-electron chi connectivity index (χ2n) is 3.65. The molecule has 15 heavy (non-hydrogen) atoms. The largest absolute Gasteiger partial charge is 0.369 e. The van der Waals surface area contributed by atoms with Crippen molar-refractivity contribution in [3.05, 3.63) is 21.9 Å². The highest BCUT2D eigenvalue weighted by molar-refractivity contribution is 7.11. The predicted molar refractivity (Wildman–Crippen MR) is 62.0 cm³/mol. The second-order valence-corrected chi connectivity index (χ2v) is 5.02. The summed E-state index contributed by atoms with van der Waals surface area (Å²) >= 11 is 1.70. The molecule has 1 rings (SSSR count). The van der Waals surface area contributed by atoms with Crippen LogP contribution < -0.4 is 5.32 Å². The number of carbonyl (C=O) groups is 1. The van der Waals surface area contributed by atoms with Crippen LogP contribution >= 0.6 is 11.3 Å². The van der Waals surface area contributed by atoms with Gasteiger partial charge in [0.1, 0.15) is 6.61 Å². The van der Waals surface area contributed by atoms with E-state index in [1.807, 2.05) is 19.9 Å². The van der Waals surface area contributed by atoms with Crippen LogP contribution in [-0.4, -0.2) is 18.6 Å². The fourth-order valence-electron chi connectivity index (χ4n) is 1.06. The van der Waals surface area contributed by atoms with Crippen LogP contribution in [0.3, 0.4) is 0 Å². The van der Waals surface area contributed by atoms with Gasteiger partial charge in [-0.15, -0.1) is 11.3 Å². The van der Waals surface area contributed by atoms with E-state index in [2.05, 4.69) is 18.3 Å². The summed E-state index contributed by atoms with van der Waals surface area (Å²) in [6.07, 6.45) is 0.0970. The lowest BCUT2D eigenvalue weighted by molar-refractivity contribution is -0.127. The van der Waals surface area contributed by atoms with Crippen molar-refractivity contribution in [2.24, 2.45) is 0 Å². The molecule has 1 aromatic heterocycles. The molecule has 0 aliphatic heterocycles. The molecule has 0 aliphatic carbocycles. The number of rotatable bonds is 5. The molecule has 84 valence electrons. The van der Waals surface area contributed by atoms with E-state index < -0.39 is 0 Å². The Morgan fingerprint density at radius 2 is 2.27 bits per heavy atom. The van der Waals surface area contributed by atoms with E-state index in [1.54, 1.807) is 11.3 Å². The maximum atomic E-state index is 11.3. The smallest absolute Gasteiger partial charge is 0.246 e. The number of hydrogen-bond donors (Lipinski definition) is 1. The highest BCUT2D eigenvalue weighted by atomic mass is 32.1. The highest BCUT2D eigenvalue weighted by Crippen LogP contribution is 2.14. The summed E-state index contributed by atoms with van der Waals surface area (Å²) < 4.78 is 5.19. The van der Waals surface area contributed by atoms with Gasteiger partial charge in [0.15, 0.2) is 0 Å². The van der Waals surface area contributed by atoms with E-state index in [-0.39, 0.29) is 18.6 Å². The Labute approximate surface area is 94.5 Å². The number of carbonyl (C=O) groups excluding carboxylic acids is 1. The molecule has 1 heterocycles. The Bertz CT molecular complexity index is 320. The fraction of sp³-hybridized carbons (Fsp3) is 0.545. The predicted octanol–water partition coefficient (Wildman–Crippen LogP) is 2.10. The summed E-state index contributed by atoms with van der Waals surface area (Å²) in [6.45, 7) is 6.62. The van der Waals surface area contributed by atoms with Gasteiger partial charge in [0.05, 0.1) is 12.6 Å². The first-order chi connectivity index (χ1) is 7.08. The first-order valence-corrected chi connectivity index (χ1v) is 5.83. The maximum absolute atomic E-state index is 11.3. The van der Waals surface area contributed by atoms with Gasteiger partial charge in [0.2, 0.25) is 5.91 Å². The zero-order chi connectivity index (χ0) is 11.3. The maximum Gasteiger partial charge on any atom is 0.246 e. The summed E-state index contributed by atoms with van der Waals surface area (Å²) in [4.78, 5) is 13.7. The Morgan fingerprint density at radius 3 is 2.80 bits per heavy atom. The summed E-state index contributed by atoms with van der Waals surface area (Å²) in [5.74, 6) is -0.0604. The lowest BCUT2D eigenvalue weighted by atomic mass is 10.4. The van der Waals surface area contributed by atoms with Crippen molar-refractivity contribution in [2.75, 3.05) is 6.61 Å². The van der Waals surface area contributed by atoms with Crippen LogP contribution in [0, 0.1) is 6.92 Å². The Morgan fingerprint density at radius 1 is 1.53 bits per heavy atom. The molecule has 0 spiro atoms. The molecule has 0 bridgehead atoms. The molecule has 4 heteroatoms. The molecule has 0 aromatic carbocycles. The summed E-state index contributed by atoms with van der Waals surface area (Å²) in [5, 5.41) is 2.81. The first-order valence-electron chi connectivity index (χ1n) is 5.01. The quantitative estimate of drug-likeness (QED) is 0.836. The van der Waals surface area contributed by atoms with Crippen molar-refractivity contribution in [3.8, 4) is 0 Å². The number of ether oxygens (including phenoxy) is 1. The molecule has 3 nitrogen and oxygen atoms in total. The number of aryl methyl sites for hydroxylation is 1. The van der Waals surface area contributed by atoms with Crippen LogP contribution in [0.25, 0.3) is 0 Å². The lowest BCUT2D eigenvalue weighted by Crippen LogP contribution is -2.27. The molecule has 0 saturated carbocycles. The van der Waals surface area contributed by atoms with Crippen molar-refractivity contribution in [2.45, 2.75) is 33.4 Å². The standard InChI is InChI=1S/C11H17NO2S/c1-8(2)14-7-11(13)12-6-10-5-4-9(3)15-10/h4-5,8H,6-7H2,1-3H3,(H,12,13). The average Bonchev–Trinajstić information content (AvgIpc) is 2.58. The SMILES string of the molecule is Cc1ccc(CNC(=O)COC(C)C)s1. The lowest BCUT2D eigenvalue weighted by Gasteiger charge is -2.07. The molecule has 0 saturated heterocycles. The van der Waals surface area contributed by atoms with E-state index >= 15 is 0 Å². The molecule has 0 aliphatic rings. The van der Waals surface area contributed by atoms with Crippen molar-refractivity contribution in [1.29, 1.82) is 0 Å². The minimum atomic E-state index is -0.0604. The van der Waals surface area contributed by atoms with E-state index in [0.29, 0.717) is 6.54 Å². The minimum Gasteiger partial charge on any atom is -0.369 e. The average molecular weight is 227 g/mol. The van der Waals surface area contributed by atoms with Gasteiger partial charge in [-0.2, -0.15) is 0 Å². The number of amides is 1. The molecular weight excluding hydrogens is 210 g/mol. The van der Waals surface area contributed by atoms with Crippen LogP contribution in [0.5, 0.6) is 0 Å². The van der Waals surface area contributed by atoms with Crippen LogP contribution in [0.1, 0.15) is 23.6 Å². The highest BCUT2D eigenvalue weighted by Gasteiger charge is 2.03. The molecule has 1 N–H and O–H groups in total. The van der Waals surface area contributed by atoms with Gasteiger partial charge in [-0.1, -0.05) is 0 Å². The van der Waals surface area contributed by atoms with E-state index in [0.717, 1.165) is 0 Å². The van der Waals surface area contributed by atoms with Gasteiger partial charge in [0.25, 0.3) is 0 Å². The first kappa shape index (κ1) is 12.2. The van der Waals surface area contributed by atoms with Gasteiger partial charge in [-0.25, -0.2) is 0 Å². The van der Waals surface area contributed by atoms with Gasteiger partial charge in [-0.05, 0) is 32.9 Å². The van der Waals surface area contributed by atoms with Crippen molar-refractivity contribution < 1.29 is 9.53 Å². The number of thiophene rings is 1. The monoisotopic (exact) mass is 227 g/mol. The molecule has 0 fully saturated rings. The zero-order valence-electron chi connectivity index (χ0n) is 9.37. The summed E-state index contributed by atoms with van der Waals surface area (Å²) in [5.41, 5.74) is 0. The molecule has 0 radical (unpaired) electrons. The molecule has 1 amide bonds. The van der Waals surface area contributed by atoms with Gasteiger partial charge >= 0.3 is 0 Å². The third-order valence-electron chi connectivity index (χ3n) is 1.80. The third kappa shape index (κ3) is 4.95. The zero-order valence-corrected chi connectivity index (χ0v) is 10.2. The van der Waals surface area contributed by atoms with Crippen molar-refractivity contribution in [3.63, 3.8) is 0 Å². The van der Waals surface area contributed by atoms with Gasteiger partial charge < -0.3 is 10.1 Å². The van der Waals surface area contributed by atoms with Crippen molar-refractivity contribution in [1.82, 2.24) is 5.32 Å². The molecule has 1 aromatic rings. The van der Waals surface area contributed by atoms with E-state index in [9.17, 15) is 4.79 Å².